The second kappa shape index (κ2) is 6.75. The maximum absolute atomic E-state index is 4.74. The van der Waals surface area contributed by atoms with E-state index in [4.69, 9.17) is 4.98 Å². The highest BCUT2D eigenvalue weighted by atomic mass is 32.2. The molecule has 0 aliphatic heterocycles. The van der Waals surface area contributed by atoms with Gasteiger partial charge >= 0.3 is 0 Å². The molecule has 0 radical (unpaired) electrons. The standard InChI is InChI=1S/C20H16N2S2/c1-2-23-17-7-3-5-14(11-17)15-8-9-18-19(12-15)24-20(22-18)16-6-4-10-21-13-16/h3-13H,2H2,1H3. The highest BCUT2D eigenvalue weighted by Crippen LogP contribution is 2.33. The van der Waals surface area contributed by atoms with E-state index in [1.165, 1.54) is 20.7 Å². The molecule has 0 saturated heterocycles. The first kappa shape index (κ1) is 15.4. The number of aromatic nitrogens is 2. The molecule has 4 rings (SSSR count). The number of pyridine rings is 1. The molecule has 0 aliphatic rings. The molecule has 2 nitrogen and oxygen atoms in total. The first-order valence-corrected chi connectivity index (χ1v) is 9.68. The Labute approximate surface area is 149 Å². The van der Waals surface area contributed by atoms with E-state index in [0.29, 0.717) is 0 Å². The van der Waals surface area contributed by atoms with Crippen LogP contribution in [0.15, 0.2) is 71.9 Å². The summed E-state index contributed by atoms with van der Waals surface area (Å²) in [6.07, 6.45) is 3.65. The van der Waals surface area contributed by atoms with Gasteiger partial charge in [0.25, 0.3) is 0 Å². The Morgan fingerprint density at radius 1 is 0.958 bits per heavy atom. The summed E-state index contributed by atoms with van der Waals surface area (Å²) in [5.74, 6) is 1.09. The summed E-state index contributed by atoms with van der Waals surface area (Å²) in [7, 11) is 0. The summed E-state index contributed by atoms with van der Waals surface area (Å²) in [5.41, 5.74) is 4.61. The summed E-state index contributed by atoms with van der Waals surface area (Å²) < 4.78 is 1.21. The third-order valence-electron chi connectivity index (χ3n) is 3.78. The van der Waals surface area contributed by atoms with Gasteiger partial charge in [-0.15, -0.1) is 23.1 Å². The van der Waals surface area contributed by atoms with Crippen molar-refractivity contribution in [2.75, 3.05) is 5.75 Å². The quantitative estimate of drug-likeness (QED) is 0.414. The van der Waals surface area contributed by atoms with E-state index in [0.717, 1.165) is 21.8 Å². The van der Waals surface area contributed by atoms with Gasteiger partial charge in [-0.25, -0.2) is 4.98 Å². The van der Waals surface area contributed by atoms with E-state index in [-0.39, 0.29) is 0 Å². The van der Waals surface area contributed by atoms with E-state index in [2.05, 4.69) is 60.4 Å². The zero-order valence-electron chi connectivity index (χ0n) is 13.3. The fourth-order valence-electron chi connectivity index (χ4n) is 2.65. The molecule has 0 fully saturated rings. The van der Waals surface area contributed by atoms with Gasteiger partial charge in [-0.2, -0.15) is 0 Å². The molecule has 4 heteroatoms. The van der Waals surface area contributed by atoms with Gasteiger partial charge < -0.3 is 0 Å². The van der Waals surface area contributed by atoms with Crippen molar-refractivity contribution in [3.8, 4) is 21.7 Å². The van der Waals surface area contributed by atoms with Crippen LogP contribution in [-0.4, -0.2) is 15.7 Å². The van der Waals surface area contributed by atoms with Crippen LogP contribution in [0, 0.1) is 0 Å². The van der Waals surface area contributed by atoms with Gasteiger partial charge in [0.2, 0.25) is 0 Å². The topological polar surface area (TPSA) is 25.8 Å². The van der Waals surface area contributed by atoms with Crippen LogP contribution < -0.4 is 0 Å². The minimum atomic E-state index is 1.02. The number of thiazole rings is 1. The molecular weight excluding hydrogens is 332 g/mol. The van der Waals surface area contributed by atoms with Crippen LogP contribution in [0.1, 0.15) is 6.92 Å². The van der Waals surface area contributed by atoms with Crippen molar-refractivity contribution < 1.29 is 0 Å². The van der Waals surface area contributed by atoms with Crippen LogP contribution in [-0.2, 0) is 0 Å². The molecule has 0 N–H and O–H groups in total. The van der Waals surface area contributed by atoms with E-state index in [1.54, 1.807) is 17.5 Å². The van der Waals surface area contributed by atoms with Gasteiger partial charge in [-0.1, -0.05) is 25.1 Å². The Kier molecular flexibility index (Phi) is 4.32. The monoisotopic (exact) mass is 348 g/mol. The number of thioether (sulfide) groups is 1. The number of rotatable bonds is 4. The van der Waals surface area contributed by atoms with Gasteiger partial charge in [0, 0.05) is 22.9 Å². The van der Waals surface area contributed by atoms with Crippen LogP contribution in [0.3, 0.4) is 0 Å². The Bertz CT molecular complexity index is 977. The third kappa shape index (κ3) is 3.07. The predicted octanol–water partition coefficient (Wildman–Crippen LogP) is 6.14. The predicted molar refractivity (Wildman–Crippen MR) is 105 cm³/mol. The Balaban J connectivity index is 1.74. The van der Waals surface area contributed by atoms with Crippen molar-refractivity contribution in [1.82, 2.24) is 9.97 Å². The van der Waals surface area contributed by atoms with Crippen molar-refractivity contribution in [3.63, 3.8) is 0 Å². The minimum Gasteiger partial charge on any atom is -0.264 e. The van der Waals surface area contributed by atoms with E-state index in [9.17, 15) is 0 Å². The molecule has 0 atom stereocenters. The van der Waals surface area contributed by atoms with Crippen LogP contribution in [0.2, 0.25) is 0 Å². The summed E-state index contributed by atoms with van der Waals surface area (Å²) in [5, 5.41) is 1.02. The van der Waals surface area contributed by atoms with Crippen LogP contribution in [0.25, 0.3) is 31.9 Å². The van der Waals surface area contributed by atoms with Crippen LogP contribution in [0.5, 0.6) is 0 Å². The van der Waals surface area contributed by atoms with Crippen molar-refractivity contribution in [1.29, 1.82) is 0 Å². The van der Waals surface area contributed by atoms with Gasteiger partial charge in [-0.3, -0.25) is 4.98 Å². The fourth-order valence-corrected chi connectivity index (χ4v) is 4.36. The number of hydrogen-bond acceptors (Lipinski definition) is 4. The Morgan fingerprint density at radius 2 is 1.83 bits per heavy atom. The minimum absolute atomic E-state index is 1.02. The maximum atomic E-state index is 4.74. The van der Waals surface area contributed by atoms with Crippen molar-refractivity contribution >= 4 is 33.3 Å². The zero-order valence-corrected chi connectivity index (χ0v) is 14.9. The fraction of sp³-hybridized carbons (Fsp3) is 0.100. The molecule has 118 valence electrons. The SMILES string of the molecule is CCSc1cccc(-c2ccc3nc(-c4cccnc4)sc3c2)c1. The maximum Gasteiger partial charge on any atom is 0.126 e. The smallest absolute Gasteiger partial charge is 0.126 e. The number of nitrogens with zero attached hydrogens (tertiary/aromatic N) is 2. The molecule has 0 unspecified atom stereocenters. The average molecular weight is 348 g/mol. The van der Waals surface area contributed by atoms with Gasteiger partial charge in [-0.05, 0) is 53.3 Å². The normalized spacial score (nSPS) is 11.0. The number of hydrogen-bond donors (Lipinski definition) is 0. The summed E-state index contributed by atoms with van der Waals surface area (Å²) in [6, 6.07) is 19.2. The molecule has 2 aromatic carbocycles. The number of benzene rings is 2. The number of fused-ring (bicyclic) bond motifs is 1. The highest BCUT2D eigenvalue weighted by Gasteiger charge is 2.08. The third-order valence-corrected chi connectivity index (χ3v) is 5.72. The molecule has 2 heterocycles. The molecule has 0 amide bonds. The zero-order chi connectivity index (χ0) is 16.4. The van der Waals surface area contributed by atoms with Crippen LogP contribution in [0.4, 0.5) is 0 Å². The highest BCUT2D eigenvalue weighted by molar-refractivity contribution is 7.99. The second-order valence-electron chi connectivity index (χ2n) is 5.40. The Hall–Kier alpha value is -2.17. The lowest BCUT2D eigenvalue weighted by Crippen LogP contribution is -1.80. The molecule has 0 bridgehead atoms. The lowest BCUT2D eigenvalue weighted by atomic mass is 10.1. The first-order chi connectivity index (χ1) is 11.8. The lowest BCUT2D eigenvalue weighted by Gasteiger charge is -2.04. The molecule has 4 aromatic rings. The van der Waals surface area contributed by atoms with Crippen molar-refractivity contribution in [3.05, 3.63) is 67.0 Å². The van der Waals surface area contributed by atoms with Gasteiger partial charge in [0.1, 0.15) is 5.01 Å². The van der Waals surface area contributed by atoms with Gasteiger partial charge in [0.05, 0.1) is 10.2 Å². The van der Waals surface area contributed by atoms with Crippen molar-refractivity contribution in [2.45, 2.75) is 11.8 Å². The molecule has 24 heavy (non-hydrogen) atoms. The summed E-state index contributed by atoms with van der Waals surface area (Å²) in [4.78, 5) is 10.2. The van der Waals surface area contributed by atoms with Crippen molar-refractivity contribution in [2.24, 2.45) is 0 Å². The largest absolute Gasteiger partial charge is 0.264 e. The summed E-state index contributed by atoms with van der Waals surface area (Å²) in [6.45, 7) is 2.18. The first-order valence-electron chi connectivity index (χ1n) is 7.88. The molecular formula is C20H16N2S2. The molecule has 0 saturated carbocycles. The lowest BCUT2D eigenvalue weighted by molar-refractivity contribution is 1.32. The molecule has 2 aromatic heterocycles. The van der Waals surface area contributed by atoms with E-state index < -0.39 is 0 Å². The summed E-state index contributed by atoms with van der Waals surface area (Å²) >= 11 is 3.59. The Morgan fingerprint density at radius 3 is 2.67 bits per heavy atom. The van der Waals surface area contributed by atoms with Crippen LogP contribution >= 0.6 is 23.1 Å². The van der Waals surface area contributed by atoms with E-state index >= 15 is 0 Å². The molecule has 0 spiro atoms. The molecule has 0 aliphatic carbocycles. The second-order valence-corrected chi connectivity index (χ2v) is 7.77. The van der Waals surface area contributed by atoms with Gasteiger partial charge in [0.15, 0.2) is 0 Å². The average Bonchev–Trinajstić information content (AvgIpc) is 3.06. The van der Waals surface area contributed by atoms with E-state index in [1.807, 2.05) is 24.0 Å².